The highest BCUT2D eigenvalue weighted by atomic mass is 16.5. The number of ether oxygens (including phenoxy) is 1. The molecule has 19 heavy (non-hydrogen) atoms. The van der Waals surface area contributed by atoms with Crippen molar-refractivity contribution >= 4 is 11.5 Å². The third kappa shape index (κ3) is 1.93. The van der Waals surface area contributed by atoms with Gasteiger partial charge < -0.3 is 4.74 Å². The molecule has 96 valence electrons. The summed E-state index contributed by atoms with van der Waals surface area (Å²) in [6.45, 7) is 4.25. The van der Waals surface area contributed by atoms with E-state index in [0.29, 0.717) is 0 Å². The van der Waals surface area contributed by atoms with E-state index in [1.54, 1.807) is 6.08 Å². The Bertz CT molecular complexity index is 620. The van der Waals surface area contributed by atoms with Crippen molar-refractivity contribution in [2.24, 2.45) is 5.41 Å². The molecule has 0 amide bonds. The van der Waals surface area contributed by atoms with Gasteiger partial charge >= 0.3 is 5.97 Å². The largest absolute Gasteiger partial charge is 0.427 e. The molecule has 1 heterocycles. The van der Waals surface area contributed by atoms with Crippen LogP contribution in [0.1, 0.15) is 25.8 Å². The molecule has 0 radical (unpaired) electrons. The SMILES string of the molecule is CC1=CC=C2OC(=O)C=C(c3ccccc3)C2(C)C1. The molecule has 0 saturated heterocycles. The molecule has 0 N–H and O–H groups in total. The average Bonchev–Trinajstić information content (AvgIpc) is 2.40. The number of carbonyl (C=O) groups is 1. The topological polar surface area (TPSA) is 26.3 Å². The van der Waals surface area contributed by atoms with Gasteiger partial charge in [0.1, 0.15) is 5.76 Å². The Labute approximate surface area is 113 Å². The summed E-state index contributed by atoms with van der Waals surface area (Å²) in [4.78, 5) is 11.8. The number of hydrogen-bond acceptors (Lipinski definition) is 2. The van der Waals surface area contributed by atoms with Crippen LogP contribution in [0.4, 0.5) is 0 Å². The Hall–Kier alpha value is -2.09. The Kier molecular flexibility index (Phi) is 2.67. The number of carbonyl (C=O) groups excluding carboxylic acids is 1. The molecule has 0 spiro atoms. The molecule has 3 rings (SSSR count). The Morgan fingerprint density at radius 2 is 1.89 bits per heavy atom. The summed E-state index contributed by atoms with van der Waals surface area (Å²) in [7, 11) is 0. The van der Waals surface area contributed by atoms with Crippen molar-refractivity contribution in [1.29, 1.82) is 0 Å². The van der Waals surface area contributed by atoms with E-state index in [1.165, 1.54) is 5.57 Å². The van der Waals surface area contributed by atoms with Gasteiger partial charge in [-0.25, -0.2) is 4.79 Å². The van der Waals surface area contributed by atoms with Gasteiger partial charge in [-0.05, 0) is 37.5 Å². The van der Waals surface area contributed by atoms with Gasteiger partial charge in [-0.15, -0.1) is 0 Å². The van der Waals surface area contributed by atoms with Crippen LogP contribution >= 0.6 is 0 Å². The van der Waals surface area contributed by atoms with E-state index >= 15 is 0 Å². The smallest absolute Gasteiger partial charge is 0.336 e. The minimum Gasteiger partial charge on any atom is -0.427 e. The third-order valence-corrected chi connectivity index (χ3v) is 3.85. The number of esters is 1. The van der Waals surface area contributed by atoms with Crippen LogP contribution in [-0.2, 0) is 9.53 Å². The lowest BCUT2D eigenvalue weighted by Gasteiger charge is -2.38. The summed E-state index contributed by atoms with van der Waals surface area (Å²) < 4.78 is 5.39. The second-order valence-corrected chi connectivity index (χ2v) is 5.40. The van der Waals surface area contributed by atoms with E-state index in [1.807, 2.05) is 42.5 Å². The van der Waals surface area contributed by atoms with Crippen LogP contribution in [0.25, 0.3) is 5.57 Å². The number of benzene rings is 1. The van der Waals surface area contributed by atoms with Gasteiger partial charge in [0.15, 0.2) is 0 Å². The quantitative estimate of drug-likeness (QED) is 0.709. The zero-order valence-corrected chi connectivity index (χ0v) is 11.1. The fraction of sp³-hybridized carbons (Fsp3) is 0.235. The molecular weight excluding hydrogens is 236 g/mol. The first kappa shape index (κ1) is 12.0. The zero-order valence-electron chi connectivity index (χ0n) is 11.1. The molecule has 0 aromatic heterocycles. The third-order valence-electron chi connectivity index (χ3n) is 3.85. The van der Waals surface area contributed by atoms with Crippen molar-refractivity contribution in [2.75, 3.05) is 0 Å². The molecule has 2 aliphatic rings. The van der Waals surface area contributed by atoms with Crippen molar-refractivity contribution in [3.63, 3.8) is 0 Å². The van der Waals surface area contributed by atoms with Gasteiger partial charge in [0.25, 0.3) is 0 Å². The van der Waals surface area contributed by atoms with Crippen molar-refractivity contribution in [1.82, 2.24) is 0 Å². The van der Waals surface area contributed by atoms with E-state index in [0.717, 1.165) is 23.3 Å². The van der Waals surface area contributed by atoms with E-state index in [4.69, 9.17) is 4.74 Å². The van der Waals surface area contributed by atoms with Crippen LogP contribution in [0.3, 0.4) is 0 Å². The molecular formula is C17H16O2. The molecule has 0 saturated carbocycles. The lowest BCUT2D eigenvalue weighted by Crippen LogP contribution is -2.31. The molecule has 2 heteroatoms. The second kappa shape index (κ2) is 4.23. The first-order valence-corrected chi connectivity index (χ1v) is 6.47. The summed E-state index contributed by atoms with van der Waals surface area (Å²) in [5.74, 6) is 0.472. The van der Waals surface area contributed by atoms with Gasteiger partial charge in [-0.1, -0.05) is 42.0 Å². The molecule has 1 atom stereocenters. The van der Waals surface area contributed by atoms with Gasteiger partial charge in [0, 0.05) is 6.08 Å². The molecule has 2 nitrogen and oxygen atoms in total. The Morgan fingerprint density at radius 3 is 2.63 bits per heavy atom. The molecule has 1 aliphatic carbocycles. The summed E-state index contributed by atoms with van der Waals surface area (Å²) >= 11 is 0. The summed E-state index contributed by atoms with van der Waals surface area (Å²) in [6.07, 6.45) is 6.46. The maximum Gasteiger partial charge on any atom is 0.336 e. The van der Waals surface area contributed by atoms with Crippen LogP contribution in [0.5, 0.6) is 0 Å². The van der Waals surface area contributed by atoms with Gasteiger partial charge in [0.2, 0.25) is 0 Å². The first-order chi connectivity index (χ1) is 9.09. The highest BCUT2D eigenvalue weighted by Gasteiger charge is 2.41. The fourth-order valence-electron chi connectivity index (χ4n) is 2.91. The summed E-state index contributed by atoms with van der Waals surface area (Å²) in [5, 5.41) is 0. The van der Waals surface area contributed by atoms with Gasteiger partial charge in [-0.3, -0.25) is 0 Å². The maximum atomic E-state index is 11.8. The number of allylic oxidation sites excluding steroid dienone is 4. The minimum atomic E-state index is -0.282. The zero-order chi connectivity index (χ0) is 13.5. The molecule has 0 bridgehead atoms. The molecule has 0 fully saturated rings. The van der Waals surface area contributed by atoms with Crippen LogP contribution in [0.2, 0.25) is 0 Å². The second-order valence-electron chi connectivity index (χ2n) is 5.40. The van der Waals surface area contributed by atoms with Crippen molar-refractivity contribution in [3.05, 3.63) is 65.5 Å². The molecule has 1 aliphatic heterocycles. The Morgan fingerprint density at radius 1 is 1.16 bits per heavy atom. The van der Waals surface area contributed by atoms with Gasteiger partial charge in [-0.2, -0.15) is 0 Å². The predicted molar refractivity (Wildman–Crippen MR) is 75.1 cm³/mol. The number of hydrogen-bond donors (Lipinski definition) is 0. The summed E-state index contributed by atoms with van der Waals surface area (Å²) in [6, 6.07) is 10.1. The van der Waals surface area contributed by atoms with Crippen LogP contribution in [0.15, 0.2) is 59.9 Å². The van der Waals surface area contributed by atoms with Crippen LogP contribution in [0, 0.1) is 5.41 Å². The van der Waals surface area contributed by atoms with E-state index in [9.17, 15) is 4.79 Å². The highest BCUT2D eigenvalue weighted by molar-refractivity contribution is 5.96. The van der Waals surface area contributed by atoms with E-state index < -0.39 is 0 Å². The maximum absolute atomic E-state index is 11.8. The van der Waals surface area contributed by atoms with Crippen molar-refractivity contribution in [2.45, 2.75) is 20.3 Å². The van der Waals surface area contributed by atoms with Crippen LogP contribution < -0.4 is 0 Å². The number of fused-ring (bicyclic) bond motifs is 1. The van der Waals surface area contributed by atoms with Crippen molar-refractivity contribution < 1.29 is 9.53 Å². The highest BCUT2D eigenvalue weighted by Crippen LogP contribution is 2.50. The monoisotopic (exact) mass is 252 g/mol. The van der Waals surface area contributed by atoms with Crippen molar-refractivity contribution in [3.8, 4) is 0 Å². The number of rotatable bonds is 1. The average molecular weight is 252 g/mol. The van der Waals surface area contributed by atoms with Crippen LogP contribution in [-0.4, -0.2) is 5.97 Å². The lowest BCUT2D eigenvalue weighted by atomic mass is 9.69. The molecule has 1 aromatic rings. The fourth-order valence-corrected chi connectivity index (χ4v) is 2.91. The predicted octanol–water partition coefficient (Wildman–Crippen LogP) is 3.87. The lowest BCUT2D eigenvalue weighted by molar-refractivity contribution is -0.135. The van der Waals surface area contributed by atoms with E-state index in [2.05, 4.69) is 13.8 Å². The standard InChI is InChI=1S/C17H16O2/c1-12-8-9-15-17(2,11-12)14(10-16(18)19-15)13-6-4-3-5-7-13/h3-10H,11H2,1-2H3. The summed E-state index contributed by atoms with van der Waals surface area (Å²) in [5.41, 5.74) is 3.19. The van der Waals surface area contributed by atoms with E-state index in [-0.39, 0.29) is 11.4 Å². The molecule has 1 aromatic carbocycles. The minimum absolute atomic E-state index is 0.242. The van der Waals surface area contributed by atoms with Gasteiger partial charge in [0.05, 0.1) is 5.41 Å². The first-order valence-electron chi connectivity index (χ1n) is 6.47. The Balaban J connectivity index is 2.15. The normalized spacial score (nSPS) is 25.8. The molecule has 1 unspecified atom stereocenters.